The minimum Gasteiger partial charge on any atom is -0.453 e. The van der Waals surface area contributed by atoms with Crippen molar-refractivity contribution < 1.29 is 19.0 Å². The quantitative estimate of drug-likeness (QED) is 0.725. The summed E-state index contributed by atoms with van der Waals surface area (Å²) in [7, 11) is 0. The van der Waals surface area contributed by atoms with Gasteiger partial charge in [-0.1, -0.05) is 18.2 Å². The molecule has 2 aliphatic heterocycles. The standard InChI is InChI=1S/C13H14O4/c14-13(9-4-2-1-3-5-9)17-11-8-16-10-6-7-15-12(10)11/h1-5,10-12H,6-8H2/t10-,11+,12+/m1/s1. The van der Waals surface area contributed by atoms with Crippen LogP contribution >= 0.6 is 0 Å². The van der Waals surface area contributed by atoms with Crippen LogP contribution in [0.5, 0.6) is 0 Å². The number of benzene rings is 1. The monoisotopic (exact) mass is 234 g/mol. The molecule has 4 heteroatoms. The molecular formula is C13H14O4. The van der Waals surface area contributed by atoms with Crippen LogP contribution in [-0.4, -0.2) is 37.5 Å². The molecule has 0 bridgehead atoms. The summed E-state index contributed by atoms with van der Waals surface area (Å²) in [5.41, 5.74) is 0.564. The Hall–Kier alpha value is -1.39. The molecule has 2 saturated heterocycles. The molecule has 3 rings (SSSR count). The molecule has 90 valence electrons. The Kier molecular flexibility index (Phi) is 2.82. The van der Waals surface area contributed by atoms with E-state index in [-0.39, 0.29) is 24.3 Å². The van der Waals surface area contributed by atoms with Gasteiger partial charge in [0.15, 0.2) is 6.10 Å². The fraction of sp³-hybridized carbons (Fsp3) is 0.462. The SMILES string of the molecule is O=C(O[C@H]1CO[C@@H]2CCO[C@H]12)c1ccccc1. The van der Waals surface area contributed by atoms with Gasteiger partial charge in [-0.2, -0.15) is 0 Å². The van der Waals surface area contributed by atoms with Crippen molar-refractivity contribution in [2.24, 2.45) is 0 Å². The third kappa shape index (κ3) is 2.06. The Morgan fingerprint density at radius 2 is 2.06 bits per heavy atom. The van der Waals surface area contributed by atoms with Crippen molar-refractivity contribution in [1.29, 1.82) is 0 Å². The summed E-state index contributed by atoms with van der Waals surface area (Å²) in [6.45, 7) is 1.13. The van der Waals surface area contributed by atoms with Crippen LogP contribution in [0.4, 0.5) is 0 Å². The largest absolute Gasteiger partial charge is 0.453 e. The number of ether oxygens (including phenoxy) is 3. The summed E-state index contributed by atoms with van der Waals surface area (Å²) in [5.74, 6) is -0.310. The lowest BCUT2D eigenvalue weighted by Gasteiger charge is -2.16. The van der Waals surface area contributed by atoms with Gasteiger partial charge in [-0.25, -0.2) is 4.79 Å². The highest BCUT2D eigenvalue weighted by Gasteiger charge is 2.44. The minimum atomic E-state index is -0.310. The summed E-state index contributed by atoms with van der Waals surface area (Å²) in [6.07, 6.45) is 0.644. The molecule has 0 aromatic heterocycles. The molecule has 17 heavy (non-hydrogen) atoms. The van der Waals surface area contributed by atoms with E-state index in [4.69, 9.17) is 14.2 Å². The van der Waals surface area contributed by atoms with Crippen LogP contribution in [0.3, 0.4) is 0 Å². The maximum absolute atomic E-state index is 11.9. The molecule has 3 atom stereocenters. The van der Waals surface area contributed by atoms with Crippen molar-refractivity contribution in [3.8, 4) is 0 Å². The highest BCUT2D eigenvalue weighted by molar-refractivity contribution is 5.89. The lowest BCUT2D eigenvalue weighted by Crippen LogP contribution is -2.32. The van der Waals surface area contributed by atoms with Crippen LogP contribution in [0.2, 0.25) is 0 Å². The summed E-state index contributed by atoms with van der Waals surface area (Å²) in [6, 6.07) is 8.98. The molecule has 0 spiro atoms. The highest BCUT2D eigenvalue weighted by atomic mass is 16.6. The molecule has 4 nitrogen and oxygen atoms in total. The molecule has 1 aromatic carbocycles. The number of carbonyl (C=O) groups is 1. The lowest BCUT2D eigenvalue weighted by atomic mass is 10.1. The second-order valence-corrected chi connectivity index (χ2v) is 4.31. The van der Waals surface area contributed by atoms with Crippen molar-refractivity contribution in [1.82, 2.24) is 0 Å². The second-order valence-electron chi connectivity index (χ2n) is 4.31. The maximum Gasteiger partial charge on any atom is 0.338 e. The van der Waals surface area contributed by atoms with E-state index in [0.29, 0.717) is 18.8 Å². The van der Waals surface area contributed by atoms with E-state index < -0.39 is 0 Å². The molecule has 2 fully saturated rings. The number of hydrogen-bond acceptors (Lipinski definition) is 4. The summed E-state index contributed by atoms with van der Waals surface area (Å²) in [5, 5.41) is 0. The fourth-order valence-electron chi connectivity index (χ4n) is 2.31. The summed E-state index contributed by atoms with van der Waals surface area (Å²) < 4.78 is 16.5. The molecule has 0 amide bonds. The van der Waals surface area contributed by atoms with Gasteiger partial charge >= 0.3 is 5.97 Å². The van der Waals surface area contributed by atoms with Gasteiger partial charge in [0.2, 0.25) is 0 Å². The topological polar surface area (TPSA) is 44.8 Å². The first-order chi connectivity index (χ1) is 8.34. The van der Waals surface area contributed by atoms with Crippen molar-refractivity contribution >= 4 is 5.97 Å². The second kappa shape index (κ2) is 4.47. The van der Waals surface area contributed by atoms with Crippen LogP contribution in [0.1, 0.15) is 16.8 Å². The van der Waals surface area contributed by atoms with Gasteiger partial charge in [0.1, 0.15) is 6.10 Å². The third-order valence-corrected chi connectivity index (χ3v) is 3.19. The first-order valence-corrected chi connectivity index (χ1v) is 5.84. The Morgan fingerprint density at radius 3 is 2.88 bits per heavy atom. The van der Waals surface area contributed by atoms with Gasteiger partial charge in [0, 0.05) is 6.61 Å². The van der Waals surface area contributed by atoms with Crippen molar-refractivity contribution in [3.63, 3.8) is 0 Å². The lowest BCUT2D eigenvalue weighted by molar-refractivity contribution is -0.0148. The highest BCUT2D eigenvalue weighted by Crippen LogP contribution is 2.28. The molecule has 0 N–H and O–H groups in total. The van der Waals surface area contributed by atoms with Gasteiger partial charge in [-0.05, 0) is 18.6 Å². The molecule has 2 heterocycles. The molecule has 0 unspecified atom stereocenters. The molecule has 0 saturated carbocycles. The zero-order valence-electron chi connectivity index (χ0n) is 9.37. The molecule has 1 aromatic rings. The van der Waals surface area contributed by atoms with Crippen molar-refractivity contribution in [2.45, 2.75) is 24.7 Å². The Bertz CT molecular complexity index is 403. The average Bonchev–Trinajstić information content (AvgIpc) is 2.95. The molecule has 2 aliphatic rings. The maximum atomic E-state index is 11.9. The van der Waals surface area contributed by atoms with E-state index in [1.165, 1.54) is 0 Å². The summed E-state index contributed by atoms with van der Waals surface area (Å²) >= 11 is 0. The van der Waals surface area contributed by atoms with Crippen LogP contribution in [0, 0.1) is 0 Å². The van der Waals surface area contributed by atoms with Crippen LogP contribution in [0.25, 0.3) is 0 Å². The Balaban J connectivity index is 1.66. The third-order valence-electron chi connectivity index (χ3n) is 3.19. The van der Waals surface area contributed by atoms with Crippen molar-refractivity contribution in [3.05, 3.63) is 35.9 Å². The Labute approximate surface area is 99.5 Å². The smallest absolute Gasteiger partial charge is 0.338 e. The molecule has 0 radical (unpaired) electrons. The van der Waals surface area contributed by atoms with Crippen LogP contribution in [0.15, 0.2) is 30.3 Å². The number of rotatable bonds is 2. The van der Waals surface area contributed by atoms with E-state index >= 15 is 0 Å². The van der Waals surface area contributed by atoms with Gasteiger partial charge in [-0.3, -0.25) is 0 Å². The number of carbonyl (C=O) groups excluding carboxylic acids is 1. The predicted octanol–water partition coefficient (Wildman–Crippen LogP) is 1.40. The number of hydrogen-bond donors (Lipinski definition) is 0. The van der Waals surface area contributed by atoms with E-state index in [0.717, 1.165) is 6.42 Å². The Morgan fingerprint density at radius 1 is 1.24 bits per heavy atom. The zero-order chi connectivity index (χ0) is 11.7. The summed E-state index contributed by atoms with van der Waals surface area (Å²) in [4.78, 5) is 11.9. The minimum absolute atomic E-state index is 0.0809. The van der Waals surface area contributed by atoms with E-state index in [1.54, 1.807) is 12.1 Å². The van der Waals surface area contributed by atoms with E-state index in [2.05, 4.69) is 0 Å². The average molecular weight is 234 g/mol. The first kappa shape index (κ1) is 10.7. The van der Waals surface area contributed by atoms with Gasteiger partial charge in [0.05, 0.1) is 18.3 Å². The number of fused-ring (bicyclic) bond motifs is 1. The zero-order valence-corrected chi connectivity index (χ0v) is 9.37. The van der Waals surface area contributed by atoms with Crippen molar-refractivity contribution in [2.75, 3.05) is 13.2 Å². The molecular weight excluding hydrogens is 220 g/mol. The van der Waals surface area contributed by atoms with Gasteiger partial charge in [0.25, 0.3) is 0 Å². The van der Waals surface area contributed by atoms with Crippen LogP contribution < -0.4 is 0 Å². The van der Waals surface area contributed by atoms with Gasteiger partial charge in [-0.15, -0.1) is 0 Å². The van der Waals surface area contributed by atoms with E-state index in [1.807, 2.05) is 18.2 Å². The number of esters is 1. The van der Waals surface area contributed by atoms with Gasteiger partial charge < -0.3 is 14.2 Å². The predicted molar refractivity (Wildman–Crippen MR) is 59.7 cm³/mol. The fourth-order valence-corrected chi connectivity index (χ4v) is 2.31. The van der Waals surface area contributed by atoms with Crippen LogP contribution in [-0.2, 0) is 14.2 Å². The molecule has 0 aliphatic carbocycles. The first-order valence-electron chi connectivity index (χ1n) is 5.84. The van der Waals surface area contributed by atoms with E-state index in [9.17, 15) is 4.79 Å². The normalized spacial score (nSPS) is 31.2.